The van der Waals surface area contributed by atoms with Gasteiger partial charge in [0.1, 0.15) is 36.4 Å². The molecule has 0 bridgehead atoms. The van der Waals surface area contributed by atoms with Crippen LogP contribution in [0.1, 0.15) is 49.8 Å². The Bertz CT molecular complexity index is 1430. The quantitative estimate of drug-likeness (QED) is 0.115. The molecule has 0 spiro atoms. The molecule has 0 fully saturated rings. The standard InChI is InChI=1S/C31H35F2N3O10/c1-17(35-23(38)14-18-12-20(32)15-21(33)13-18)29(42)36-25(19-8-4-2-5-9-19)30(43)34-11-7-3-6-10-24(39)45-16-22(37)28-26(40)27(41)31(44)46-28/h2,4-5,8-9,12-13,15,17,22,25,28,37,40-41H,3,6-7,10-11,14,16H2,1H3,(H,34,43)(H,35,38)(H,36,42)/t17-,22?,25-,28?/m0/s1. The summed E-state index contributed by atoms with van der Waals surface area (Å²) in [6, 6.07) is 8.93. The zero-order valence-corrected chi connectivity index (χ0v) is 24.8. The molecule has 2 aromatic carbocycles. The van der Waals surface area contributed by atoms with E-state index in [2.05, 4.69) is 20.7 Å². The SMILES string of the molecule is C[C@H](NC(=O)Cc1cc(F)cc(F)c1)C(=O)N[C@H](C(=O)NCCCCCC(=O)OCC(O)C1OC(=O)C(O)=C1O)c1ccccc1. The minimum Gasteiger partial charge on any atom is -0.505 e. The van der Waals surface area contributed by atoms with E-state index in [4.69, 9.17) is 4.74 Å². The third-order valence-corrected chi connectivity index (χ3v) is 6.80. The van der Waals surface area contributed by atoms with Crippen LogP contribution in [-0.4, -0.2) is 76.4 Å². The summed E-state index contributed by atoms with van der Waals surface area (Å²) in [6.07, 6.45) is -2.12. The van der Waals surface area contributed by atoms with Gasteiger partial charge in [0.2, 0.25) is 23.5 Å². The minimum atomic E-state index is -1.57. The number of ether oxygens (including phenoxy) is 2. The maximum absolute atomic E-state index is 13.4. The average Bonchev–Trinajstić information content (AvgIpc) is 3.26. The van der Waals surface area contributed by atoms with Crippen LogP contribution in [0.3, 0.4) is 0 Å². The molecule has 1 aliphatic rings. The van der Waals surface area contributed by atoms with Gasteiger partial charge in [-0.25, -0.2) is 13.6 Å². The largest absolute Gasteiger partial charge is 0.505 e. The molecular weight excluding hydrogens is 612 g/mol. The van der Waals surface area contributed by atoms with Crippen LogP contribution in [0.15, 0.2) is 60.0 Å². The third-order valence-electron chi connectivity index (χ3n) is 6.80. The second-order valence-electron chi connectivity index (χ2n) is 10.5. The lowest BCUT2D eigenvalue weighted by Crippen LogP contribution is -2.49. The number of aliphatic hydroxyl groups excluding tert-OH is 3. The first-order valence-electron chi connectivity index (χ1n) is 14.4. The molecule has 2 aromatic rings. The molecule has 4 atom stereocenters. The van der Waals surface area contributed by atoms with Gasteiger partial charge in [-0.05, 0) is 43.0 Å². The normalized spacial score (nSPS) is 16.2. The van der Waals surface area contributed by atoms with Crippen molar-refractivity contribution in [3.05, 3.63) is 82.8 Å². The van der Waals surface area contributed by atoms with E-state index in [1.54, 1.807) is 30.3 Å². The third kappa shape index (κ3) is 10.5. The molecule has 248 valence electrons. The van der Waals surface area contributed by atoms with E-state index in [0.29, 0.717) is 30.9 Å². The smallest absolute Gasteiger partial charge is 0.377 e. The zero-order valence-electron chi connectivity index (χ0n) is 24.8. The number of amides is 3. The highest BCUT2D eigenvalue weighted by molar-refractivity contribution is 5.92. The lowest BCUT2D eigenvalue weighted by Gasteiger charge is -2.22. The monoisotopic (exact) mass is 647 g/mol. The summed E-state index contributed by atoms with van der Waals surface area (Å²) < 4.78 is 36.4. The van der Waals surface area contributed by atoms with Gasteiger partial charge in [0.05, 0.1) is 6.42 Å². The van der Waals surface area contributed by atoms with Crippen molar-refractivity contribution in [2.75, 3.05) is 13.2 Å². The average molecular weight is 648 g/mol. The molecule has 3 amide bonds. The predicted octanol–water partition coefficient (Wildman–Crippen LogP) is 1.70. The van der Waals surface area contributed by atoms with Crippen LogP contribution in [0.2, 0.25) is 0 Å². The Balaban J connectivity index is 1.40. The van der Waals surface area contributed by atoms with Crippen LogP contribution in [-0.2, 0) is 39.9 Å². The maximum Gasteiger partial charge on any atom is 0.377 e. The number of aliphatic hydroxyl groups is 3. The summed E-state index contributed by atoms with van der Waals surface area (Å²) in [5, 5.41) is 36.6. The van der Waals surface area contributed by atoms with E-state index in [9.17, 15) is 48.1 Å². The number of hydrogen-bond acceptors (Lipinski definition) is 10. The highest BCUT2D eigenvalue weighted by Gasteiger charge is 2.39. The van der Waals surface area contributed by atoms with Gasteiger partial charge < -0.3 is 40.7 Å². The van der Waals surface area contributed by atoms with Crippen molar-refractivity contribution >= 4 is 29.7 Å². The maximum atomic E-state index is 13.4. The number of esters is 2. The fraction of sp³-hybridized carbons (Fsp3) is 0.387. The second-order valence-corrected chi connectivity index (χ2v) is 10.5. The van der Waals surface area contributed by atoms with Crippen LogP contribution in [0.4, 0.5) is 8.78 Å². The molecule has 3 rings (SSSR count). The first-order valence-corrected chi connectivity index (χ1v) is 14.4. The van der Waals surface area contributed by atoms with Gasteiger partial charge in [0, 0.05) is 19.0 Å². The lowest BCUT2D eigenvalue weighted by molar-refractivity contribution is -0.154. The van der Waals surface area contributed by atoms with Crippen LogP contribution in [0, 0.1) is 11.6 Å². The number of hydrogen-bond donors (Lipinski definition) is 6. The van der Waals surface area contributed by atoms with E-state index in [1.165, 1.54) is 6.92 Å². The summed E-state index contributed by atoms with van der Waals surface area (Å²) in [5.41, 5.74) is 0.576. The van der Waals surface area contributed by atoms with Crippen LogP contribution < -0.4 is 16.0 Å². The summed E-state index contributed by atoms with van der Waals surface area (Å²) in [7, 11) is 0. The Labute approximate surface area is 262 Å². The second kappa shape index (κ2) is 16.9. The highest BCUT2D eigenvalue weighted by Crippen LogP contribution is 2.21. The molecular formula is C31H35F2N3O10. The molecule has 0 saturated heterocycles. The molecule has 0 aromatic heterocycles. The summed E-state index contributed by atoms with van der Waals surface area (Å²) >= 11 is 0. The first-order chi connectivity index (χ1) is 21.8. The Kier molecular flexibility index (Phi) is 13.0. The molecule has 0 aliphatic carbocycles. The van der Waals surface area contributed by atoms with E-state index in [0.717, 1.165) is 12.1 Å². The van der Waals surface area contributed by atoms with Crippen molar-refractivity contribution in [1.82, 2.24) is 16.0 Å². The van der Waals surface area contributed by atoms with Crippen LogP contribution >= 0.6 is 0 Å². The molecule has 46 heavy (non-hydrogen) atoms. The van der Waals surface area contributed by atoms with Crippen LogP contribution in [0.5, 0.6) is 0 Å². The van der Waals surface area contributed by atoms with Gasteiger partial charge in [-0.1, -0.05) is 36.8 Å². The predicted molar refractivity (Wildman–Crippen MR) is 156 cm³/mol. The number of halogens is 2. The molecule has 6 N–H and O–H groups in total. The molecule has 1 heterocycles. The first kappa shape index (κ1) is 35.4. The number of nitrogens with one attached hydrogen (secondary N) is 3. The summed E-state index contributed by atoms with van der Waals surface area (Å²) in [5.74, 6) is -7.22. The Hall–Kier alpha value is -5.05. The molecule has 1 aliphatic heterocycles. The fourth-order valence-electron chi connectivity index (χ4n) is 4.42. The van der Waals surface area contributed by atoms with Crippen LogP contribution in [0.25, 0.3) is 0 Å². The van der Waals surface area contributed by atoms with Gasteiger partial charge >= 0.3 is 11.9 Å². The van der Waals surface area contributed by atoms with E-state index >= 15 is 0 Å². The number of unbranched alkanes of at least 4 members (excludes halogenated alkanes) is 2. The number of carbonyl (C=O) groups excluding carboxylic acids is 5. The van der Waals surface area contributed by atoms with Crippen molar-refractivity contribution in [2.45, 2.75) is 63.3 Å². The zero-order chi connectivity index (χ0) is 33.8. The van der Waals surface area contributed by atoms with Crippen molar-refractivity contribution in [2.24, 2.45) is 0 Å². The molecule has 2 unspecified atom stereocenters. The fourth-order valence-corrected chi connectivity index (χ4v) is 4.42. The summed E-state index contributed by atoms with van der Waals surface area (Å²) in [6.45, 7) is 1.04. The topological polar surface area (TPSA) is 201 Å². The molecule has 15 heteroatoms. The number of cyclic esters (lactones) is 1. The van der Waals surface area contributed by atoms with Gasteiger partial charge in [-0.15, -0.1) is 0 Å². The molecule has 13 nitrogen and oxygen atoms in total. The van der Waals surface area contributed by atoms with E-state index in [1.807, 2.05) is 0 Å². The highest BCUT2D eigenvalue weighted by atomic mass is 19.1. The summed E-state index contributed by atoms with van der Waals surface area (Å²) in [4.78, 5) is 61.5. The van der Waals surface area contributed by atoms with Gasteiger partial charge in [-0.3, -0.25) is 19.2 Å². The number of carbonyl (C=O) groups is 5. The van der Waals surface area contributed by atoms with Crippen molar-refractivity contribution < 1.29 is 57.5 Å². The van der Waals surface area contributed by atoms with Crippen molar-refractivity contribution in [3.8, 4) is 0 Å². The minimum absolute atomic E-state index is 0.0152. The van der Waals surface area contributed by atoms with E-state index in [-0.39, 0.29) is 24.9 Å². The molecule has 0 radical (unpaired) electrons. The Morgan fingerprint density at radius 1 is 0.957 bits per heavy atom. The van der Waals surface area contributed by atoms with Crippen molar-refractivity contribution in [1.29, 1.82) is 0 Å². The van der Waals surface area contributed by atoms with E-state index < -0.39 is 83.7 Å². The number of benzene rings is 2. The van der Waals surface area contributed by atoms with Gasteiger partial charge in [0.15, 0.2) is 11.9 Å². The lowest BCUT2D eigenvalue weighted by atomic mass is 10.1. The van der Waals surface area contributed by atoms with Gasteiger partial charge in [-0.2, -0.15) is 0 Å². The Morgan fingerprint density at radius 2 is 1.63 bits per heavy atom. The Morgan fingerprint density at radius 3 is 2.26 bits per heavy atom. The number of rotatable bonds is 16. The van der Waals surface area contributed by atoms with Gasteiger partial charge in [0.25, 0.3) is 0 Å². The molecule has 0 saturated carbocycles. The van der Waals surface area contributed by atoms with Crippen molar-refractivity contribution in [3.63, 3.8) is 0 Å².